The van der Waals surface area contributed by atoms with Crippen LogP contribution in [0.1, 0.15) is 21.6 Å². The van der Waals surface area contributed by atoms with Crippen LogP contribution in [0, 0.1) is 13.8 Å². The van der Waals surface area contributed by atoms with E-state index in [1.807, 2.05) is 29.6 Å². The quantitative estimate of drug-likeness (QED) is 0.531. The summed E-state index contributed by atoms with van der Waals surface area (Å²) in [6.07, 6.45) is 0.591. The summed E-state index contributed by atoms with van der Waals surface area (Å²) in [6, 6.07) is 11.8. The van der Waals surface area contributed by atoms with Crippen molar-refractivity contribution >= 4 is 44.6 Å². The number of thiophene rings is 2. The molecule has 0 bridgehead atoms. The molecule has 3 aromatic heterocycles. The molecule has 0 unspecified atom stereocenters. The Hall–Kier alpha value is -2.77. The van der Waals surface area contributed by atoms with Gasteiger partial charge in [0.15, 0.2) is 5.82 Å². The molecule has 1 amide bonds. The van der Waals surface area contributed by atoms with E-state index in [9.17, 15) is 4.79 Å². The van der Waals surface area contributed by atoms with Crippen molar-refractivity contribution in [1.29, 1.82) is 0 Å². The molecular weight excluding hydrogens is 400 g/mol. The molecule has 1 atom stereocenters. The van der Waals surface area contributed by atoms with Gasteiger partial charge in [-0.3, -0.25) is 4.79 Å². The summed E-state index contributed by atoms with van der Waals surface area (Å²) in [5.74, 6) is 1.18. The maximum absolute atomic E-state index is 12.4. The molecule has 1 aromatic carbocycles. The number of hydrogen-bond donors (Lipinski definition) is 1. The van der Waals surface area contributed by atoms with Gasteiger partial charge in [-0.1, -0.05) is 30.3 Å². The van der Waals surface area contributed by atoms with E-state index in [0.717, 1.165) is 20.9 Å². The van der Waals surface area contributed by atoms with Crippen LogP contribution < -0.4 is 10.6 Å². The number of nitrogens with two attached hydrogens (primary N) is 1. The highest BCUT2D eigenvalue weighted by Gasteiger charge is 2.33. The minimum atomic E-state index is -0.432. The lowest BCUT2D eigenvalue weighted by Crippen LogP contribution is -2.49. The first kappa shape index (κ1) is 18.3. The molecule has 0 saturated carbocycles. The Morgan fingerprint density at radius 1 is 1.14 bits per heavy atom. The van der Waals surface area contributed by atoms with Gasteiger partial charge in [-0.05, 0) is 42.0 Å². The van der Waals surface area contributed by atoms with Crippen LogP contribution >= 0.6 is 22.7 Å². The lowest BCUT2D eigenvalue weighted by atomic mass is 9.93. The number of benzene rings is 1. The molecule has 29 heavy (non-hydrogen) atoms. The van der Waals surface area contributed by atoms with Gasteiger partial charge in [0, 0.05) is 17.8 Å². The molecule has 7 heteroatoms. The van der Waals surface area contributed by atoms with E-state index in [4.69, 9.17) is 15.7 Å². The van der Waals surface area contributed by atoms with Crippen molar-refractivity contribution < 1.29 is 4.79 Å². The summed E-state index contributed by atoms with van der Waals surface area (Å²) in [5.41, 5.74) is 9.40. The number of carbonyl (C=O) groups is 1. The third-order valence-corrected chi connectivity index (χ3v) is 7.57. The zero-order valence-electron chi connectivity index (χ0n) is 16.2. The van der Waals surface area contributed by atoms with Crippen LogP contribution in [-0.4, -0.2) is 21.9 Å². The van der Waals surface area contributed by atoms with Crippen molar-refractivity contribution in [1.82, 2.24) is 9.97 Å². The molecule has 0 radical (unpaired) electrons. The molecule has 4 heterocycles. The average Bonchev–Trinajstić information content (AvgIpc) is 3.35. The summed E-state index contributed by atoms with van der Waals surface area (Å²) in [5, 5.41) is 3.05. The molecule has 0 aliphatic carbocycles. The van der Waals surface area contributed by atoms with Gasteiger partial charge in [-0.2, -0.15) is 0 Å². The molecule has 5 rings (SSSR count). The average molecular weight is 421 g/mol. The van der Waals surface area contributed by atoms with Crippen LogP contribution in [-0.2, 0) is 17.8 Å². The summed E-state index contributed by atoms with van der Waals surface area (Å²) >= 11 is 3.29. The van der Waals surface area contributed by atoms with E-state index in [1.165, 1.54) is 21.6 Å². The Bertz CT molecular complexity index is 1230. The van der Waals surface area contributed by atoms with Gasteiger partial charge in [0.2, 0.25) is 5.91 Å². The molecule has 5 nitrogen and oxygen atoms in total. The van der Waals surface area contributed by atoms with E-state index in [2.05, 4.69) is 30.9 Å². The number of fused-ring (bicyclic) bond motifs is 2. The third kappa shape index (κ3) is 3.01. The van der Waals surface area contributed by atoms with Crippen molar-refractivity contribution in [2.24, 2.45) is 5.73 Å². The number of rotatable bonds is 3. The number of primary amides is 1. The van der Waals surface area contributed by atoms with E-state index in [0.29, 0.717) is 18.8 Å². The Morgan fingerprint density at radius 3 is 2.66 bits per heavy atom. The zero-order valence-corrected chi connectivity index (χ0v) is 17.8. The molecule has 0 saturated heterocycles. The van der Waals surface area contributed by atoms with Crippen molar-refractivity contribution in [3.05, 3.63) is 63.3 Å². The van der Waals surface area contributed by atoms with Crippen molar-refractivity contribution in [2.75, 3.05) is 4.90 Å². The van der Waals surface area contributed by atoms with Gasteiger partial charge in [0.05, 0.1) is 10.3 Å². The van der Waals surface area contributed by atoms with Gasteiger partial charge in [0.25, 0.3) is 0 Å². The smallest absolute Gasteiger partial charge is 0.240 e. The van der Waals surface area contributed by atoms with Crippen LogP contribution in [0.2, 0.25) is 0 Å². The van der Waals surface area contributed by atoms with Crippen LogP contribution in [0.5, 0.6) is 0 Å². The van der Waals surface area contributed by atoms with Crippen LogP contribution in [0.25, 0.3) is 20.9 Å². The summed E-state index contributed by atoms with van der Waals surface area (Å²) < 4.78 is 0. The fourth-order valence-corrected chi connectivity index (χ4v) is 5.63. The van der Waals surface area contributed by atoms with E-state index in [-0.39, 0.29) is 5.91 Å². The minimum absolute atomic E-state index is 0.325. The first-order valence-electron chi connectivity index (χ1n) is 9.47. The summed E-state index contributed by atoms with van der Waals surface area (Å²) in [4.78, 5) is 27.5. The Morgan fingerprint density at radius 2 is 1.93 bits per heavy atom. The predicted octanol–water partition coefficient (Wildman–Crippen LogP) is 4.45. The number of carbonyl (C=O) groups excluding carboxylic acids is 1. The second kappa shape index (κ2) is 6.93. The van der Waals surface area contributed by atoms with Crippen LogP contribution in [0.15, 0.2) is 41.8 Å². The number of hydrogen-bond acceptors (Lipinski definition) is 6. The van der Waals surface area contributed by atoms with Crippen molar-refractivity contribution in [3.8, 4) is 10.7 Å². The maximum atomic E-state index is 12.4. The van der Waals surface area contributed by atoms with Crippen LogP contribution in [0.4, 0.5) is 5.82 Å². The largest absolute Gasteiger partial charge is 0.368 e. The second-order valence-electron chi connectivity index (χ2n) is 7.33. The third-order valence-electron chi connectivity index (χ3n) is 5.60. The molecule has 0 fully saturated rings. The lowest BCUT2D eigenvalue weighted by molar-refractivity contribution is -0.119. The topological polar surface area (TPSA) is 72.1 Å². The molecule has 1 aliphatic rings. The van der Waals surface area contributed by atoms with Gasteiger partial charge in [-0.25, -0.2) is 9.97 Å². The number of nitrogens with zero attached hydrogens (tertiary/aromatic N) is 3. The number of aromatic nitrogens is 2. The van der Waals surface area contributed by atoms with Crippen molar-refractivity contribution in [3.63, 3.8) is 0 Å². The zero-order chi connectivity index (χ0) is 20.1. The Kier molecular flexibility index (Phi) is 4.37. The summed E-state index contributed by atoms with van der Waals surface area (Å²) in [7, 11) is 0. The molecule has 1 aliphatic heterocycles. The fraction of sp³-hybridized carbons (Fsp3) is 0.227. The van der Waals surface area contributed by atoms with Gasteiger partial charge in [0.1, 0.15) is 16.7 Å². The molecule has 0 spiro atoms. The molecule has 2 N–H and O–H groups in total. The highest BCUT2D eigenvalue weighted by Crippen LogP contribution is 2.39. The van der Waals surface area contributed by atoms with Gasteiger partial charge >= 0.3 is 0 Å². The lowest BCUT2D eigenvalue weighted by Gasteiger charge is -2.36. The highest BCUT2D eigenvalue weighted by atomic mass is 32.1. The van der Waals surface area contributed by atoms with Gasteiger partial charge in [-0.15, -0.1) is 22.7 Å². The highest BCUT2D eigenvalue weighted by molar-refractivity contribution is 7.19. The second-order valence-corrected chi connectivity index (χ2v) is 9.48. The number of amides is 1. The minimum Gasteiger partial charge on any atom is -0.368 e. The van der Waals surface area contributed by atoms with E-state index in [1.54, 1.807) is 22.7 Å². The SMILES string of the molecule is Cc1sc2nc(-c3cccs3)nc(N3Cc4ccccc4C[C@H]3C(N)=O)c2c1C. The van der Waals surface area contributed by atoms with Crippen molar-refractivity contribution in [2.45, 2.75) is 32.9 Å². The Balaban J connectivity index is 1.75. The Labute approximate surface area is 176 Å². The normalized spacial score (nSPS) is 16.2. The monoisotopic (exact) mass is 420 g/mol. The van der Waals surface area contributed by atoms with Gasteiger partial charge < -0.3 is 10.6 Å². The predicted molar refractivity (Wildman–Crippen MR) is 120 cm³/mol. The molecule has 4 aromatic rings. The fourth-order valence-electron chi connectivity index (χ4n) is 3.95. The first-order valence-corrected chi connectivity index (χ1v) is 11.2. The van der Waals surface area contributed by atoms with E-state index >= 15 is 0 Å². The summed E-state index contributed by atoms with van der Waals surface area (Å²) in [6.45, 7) is 4.81. The van der Waals surface area contributed by atoms with Crippen LogP contribution in [0.3, 0.4) is 0 Å². The van der Waals surface area contributed by atoms with E-state index < -0.39 is 6.04 Å². The number of aryl methyl sites for hydroxylation is 2. The molecular formula is C22H20N4OS2. The molecule has 146 valence electrons. The number of anilines is 1. The standard InChI is InChI=1S/C22H20N4OS2/c1-12-13(2)29-22-18(12)21(24-20(25-22)17-8-5-9-28-17)26-11-15-7-4-3-6-14(15)10-16(26)19(23)27/h3-9,16H,10-11H2,1-2H3,(H2,23,27)/t16-/m0/s1. The first-order chi connectivity index (χ1) is 14.0. The maximum Gasteiger partial charge on any atom is 0.240 e.